The number of nitrogens with zero attached hydrogens (tertiary/aromatic N) is 2. The summed E-state index contributed by atoms with van der Waals surface area (Å²) in [5.74, 6) is 0.149. The van der Waals surface area contributed by atoms with Crippen LogP contribution in [0, 0.1) is 0 Å². The lowest BCUT2D eigenvalue weighted by Crippen LogP contribution is -2.52. The molecule has 1 aromatic rings. The van der Waals surface area contributed by atoms with Crippen molar-refractivity contribution in [2.24, 2.45) is 0 Å². The molecular weight excluding hydrogens is 292 g/mol. The molecule has 0 aromatic heterocycles. The monoisotopic (exact) mass is 310 g/mol. The van der Waals surface area contributed by atoms with Gasteiger partial charge in [0.1, 0.15) is 0 Å². The second-order valence-corrected chi connectivity index (χ2v) is 5.47. The molecule has 0 bridgehead atoms. The van der Waals surface area contributed by atoms with E-state index < -0.39 is 0 Å². The zero-order valence-electron chi connectivity index (χ0n) is 10.9. The first-order valence-electron chi connectivity index (χ1n) is 6.26. The predicted molar refractivity (Wildman–Crippen MR) is 77.1 cm³/mol. The summed E-state index contributed by atoms with van der Waals surface area (Å²) in [6.07, 6.45) is 0. The molecule has 1 heterocycles. The van der Waals surface area contributed by atoms with Gasteiger partial charge in [0, 0.05) is 36.6 Å². The van der Waals surface area contributed by atoms with Crippen molar-refractivity contribution < 1.29 is 4.79 Å². The van der Waals surface area contributed by atoms with Gasteiger partial charge in [0.2, 0.25) is 0 Å². The minimum Gasteiger partial charge on any atom is -0.336 e. The van der Waals surface area contributed by atoms with Crippen LogP contribution < -0.4 is 0 Å². The average Bonchev–Trinajstić information content (AvgIpc) is 2.41. The van der Waals surface area contributed by atoms with Crippen LogP contribution >= 0.6 is 15.9 Å². The summed E-state index contributed by atoms with van der Waals surface area (Å²) in [5.41, 5.74) is 1.98. The summed E-state index contributed by atoms with van der Waals surface area (Å²) in [6.45, 7) is 4.75. The molecule has 1 unspecified atom stereocenters. The van der Waals surface area contributed by atoms with Gasteiger partial charge in [-0.15, -0.1) is 0 Å². The smallest absolute Gasteiger partial charge is 0.253 e. The number of hydrogen-bond donors (Lipinski definition) is 0. The number of benzene rings is 1. The summed E-state index contributed by atoms with van der Waals surface area (Å²) in [6, 6.07) is 8.27. The molecule has 0 aliphatic carbocycles. The van der Waals surface area contributed by atoms with Gasteiger partial charge in [0.05, 0.1) is 0 Å². The largest absolute Gasteiger partial charge is 0.336 e. The fourth-order valence-electron chi connectivity index (χ4n) is 2.15. The van der Waals surface area contributed by atoms with E-state index in [0.29, 0.717) is 6.04 Å². The van der Waals surface area contributed by atoms with E-state index in [2.05, 4.69) is 34.8 Å². The van der Waals surface area contributed by atoms with Crippen molar-refractivity contribution in [3.8, 4) is 0 Å². The third-order valence-electron chi connectivity index (χ3n) is 3.60. The van der Waals surface area contributed by atoms with Crippen molar-refractivity contribution in [1.29, 1.82) is 0 Å². The van der Waals surface area contributed by atoms with Gasteiger partial charge >= 0.3 is 0 Å². The standard InChI is InChI=1S/C14H19BrN2O/c1-11-10-17(8-7-16(11)2)14(18)13-5-3-12(9-15)4-6-13/h3-6,11H,7-10H2,1-2H3. The molecule has 0 radical (unpaired) electrons. The number of rotatable bonds is 2. The molecule has 1 amide bonds. The molecule has 3 nitrogen and oxygen atoms in total. The van der Waals surface area contributed by atoms with E-state index in [1.807, 2.05) is 29.2 Å². The van der Waals surface area contributed by atoms with Crippen LogP contribution in [0.5, 0.6) is 0 Å². The van der Waals surface area contributed by atoms with Crippen molar-refractivity contribution in [3.63, 3.8) is 0 Å². The molecule has 0 spiro atoms. The lowest BCUT2D eigenvalue weighted by Gasteiger charge is -2.37. The molecule has 1 fully saturated rings. The fourth-order valence-corrected chi connectivity index (χ4v) is 2.53. The van der Waals surface area contributed by atoms with Crippen molar-refractivity contribution >= 4 is 21.8 Å². The Labute approximate surface area is 117 Å². The van der Waals surface area contributed by atoms with E-state index >= 15 is 0 Å². The zero-order chi connectivity index (χ0) is 13.1. The van der Waals surface area contributed by atoms with Crippen LogP contribution in [0.4, 0.5) is 0 Å². The van der Waals surface area contributed by atoms with Crippen LogP contribution in [0.1, 0.15) is 22.8 Å². The molecule has 18 heavy (non-hydrogen) atoms. The maximum atomic E-state index is 12.3. The van der Waals surface area contributed by atoms with Crippen LogP contribution in [0.15, 0.2) is 24.3 Å². The first-order chi connectivity index (χ1) is 8.61. The van der Waals surface area contributed by atoms with Crippen molar-refractivity contribution in [2.75, 3.05) is 26.7 Å². The Kier molecular flexibility index (Phi) is 4.40. The number of piperazine rings is 1. The number of likely N-dealkylation sites (N-methyl/N-ethyl adjacent to an activating group) is 1. The molecule has 1 aromatic carbocycles. The topological polar surface area (TPSA) is 23.6 Å². The number of halogens is 1. The van der Waals surface area contributed by atoms with Gasteiger partial charge in [-0.25, -0.2) is 0 Å². The highest BCUT2D eigenvalue weighted by Gasteiger charge is 2.24. The van der Waals surface area contributed by atoms with E-state index in [1.54, 1.807) is 0 Å². The van der Waals surface area contributed by atoms with Crippen molar-refractivity contribution in [1.82, 2.24) is 9.80 Å². The number of carbonyl (C=O) groups is 1. The van der Waals surface area contributed by atoms with Gasteiger partial charge in [0.25, 0.3) is 5.91 Å². The third-order valence-corrected chi connectivity index (χ3v) is 4.25. The molecule has 4 heteroatoms. The van der Waals surface area contributed by atoms with Crippen LogP contribution in [-0.2, 0) is 5.33 Å². The van der Waals surface area contributed by atoms with E-state index in [-0.39, 0.29) is 5.91 Å². The Bertz CT molecular complexity index is 418. The number of alkyl halides is 1. The van der Waals surface area contributed by atoms with E-state index in [4.69, 9.17) is 0 Å². The maximum Gasteiger partial charge on any atom is 0.253 e. The Morgan fingerprint density at radius 2 is 2.00 bits per heavy atom. The molecule has 0 N–H and O–H groups in total. The van der Waals surface area contributed by atoms with Crippen molar-refractivity contribution in [2.45, 2.75) is 18.3 Å². The first kappa shape index (κ1) is 13.6. The van der Waals surface area contributed by atoms with Crippen LogP contribution in [0.3, 0.4) is 0 Å². The molecule has 0 saturated carbocycles. The Hall–Kier alpha value is -0.870. The molecule has 2 rings (SSSR count). The Morgan fingerprint density at radius 3 is 2.56 bits per heavy atom. The van der Waals surface area contributed by atoms with E-state index in [1.165, 1.54) is 5.56 Å². The molecule has 1 atom stereocenters. The summed E-state index contributed by atoms with van der Waals surface area (Å²) in [7, 11) is 2.11. The lowest BCUT2D eigenvalue weighted by atomic mass is 10.1. The van der Waals surface area contributed by atoms with Gasteiger partial charge in [-0.3, -0.25) is 4.79 Å². The highest BCUT2D eigenvalue weighted by atomic mass is 79.9. The molecule has 1 saturated heterocycles. The third kappa shape index (κ3) is 2.93. The molecular formula is C14H19BrN2O. The number of amides is 1. The van der Waals surface area contributed by atoms with Gasteiger partial charge in [-0.2, -0.15) is 0 Å². The maximum absolute atomic E-state index is 12.3. The number of carbonyl (C=O) groups excluding carboxylic acids is 1. The average molecular weight is 311 g/mol. The molecule has 98 valence electrons. The predicted octanol–water partition coefficient (Wildman–Crippen LogP) is 2.36. The normalized spacial score (nSPS) is 21.1. The summed E-state index contributed by atoms with van der Waals surface area (Å²) >= 11 is 3.41. The quantitative estimate of drug-likeness (QED) is 0.783. The van der Waals surface area contributed by atoms with E-state index in [9.17, 15) is 4.79 Å². The second-order valence-electron chi connectivity index (χ2n) is 4.91. The number of hydrogen-bond acceptors (Lipinski definition) is 2. The highest BCUT2D eigenvalue weighted by Crippen LogP contribution is 2.13. The van der Waals surface area contributed by atoms with Gasteiger partial charge < -0.3 is 9.80 Å². The minimum absolute atomic E-state index is 0.149. The summed E-state index contributed by atoms with van der Waals surface area (Å²) in [5, 5.41) is 0.826. The Balaban J connectivity index is 2.06. The summed E-state index contributed by atoms with van der Waals surface area (Å²) in [4.78, 5) is 16.6. The van der Waals surface area contributed by atoms with Crippen LogP contribution in [0.25, 0.3) is 0 Å². The lowest BCUT2D eigenvalue weighted by molar-refractivity contribution is 0.0572. The first-order valence-corrected chi connectivity index (χ1v) is 7.38. The minimum atomic E-state index is 0.149. The SMILES string of the molecule is CC1CN(C(=O)c2ccc(CBr)cc2)CCN1C. The molecule has 1 aliphatic rings. The Morgan fingerprint density at radius 1 is 1.33 bits per heavy atom. The van der Waals surface area contributed by atoms with Gasteiger partial charge in [-0.1, -0.05) is 28.1 Å². The second kappa shape index (κ2) is 5.85. The van der Waals surface area contributed by atoms with Gasteiger partial charge in [0.15, 0.2) is 0 Å². The highest BCUT2D eigenvalue weighted by molar-refractivity contribution is 9.08. The van der Waals surface area contributed by atoms with Gasteiger partial charge in [-0.05, 0) is 31.7 Å². The fraction of sp³-hybridized carbons (Fsp3) is 0.500. The van der Waals surface area contributed by atoms with Crippen LogP contribution in [-0.4, -0.2) is 48.4 Å². The summed E-state index contributed by atoms with van der Waals surface area (Å²) < 4.78 is 0. The van der Waals surface area contributed by atoms with Crippen LogP contribution in [0.2, 0.25) is 0 Å². The molecule has 1 aliphatic heterocycles. The van der Waals surface area contributed by atoms with Crippen molar-refractivity contribution in [3.05, 3.63) is 35.4 Å². The zero-order valence-corrected chi connectivity index (χ0v) is 12.5. The van der Waals surface area contributed by atoms with E-state index in [0.717, 1.165) is 30.5 Å².